The first-order chi connectivity index (χ1) is 18.0. The van der Waals surface area contributed by atoms with E-state index in [0.29, 0.717) is 17.2 Å². The van der Waals surface area contributed by atoms with Crippen LogP contribution in [0, 0.1) is 5.82 Å². The van der Waals surface area contributed by atoms with E-state index in [0.717, 1.165) is 42.4 Å². The summed E-state index contributed by atoms with van der Waals surface area (Å²) in [4.78, 5) is 29.0. The lowest BCUT2D eigenvalue weighted by Gasteiger charge is -2.32. The third-order valence-electron chi connectivity index (χ3n) is 6.62. The van der Waals surface area contributed by atoms with Crippen LogP contribution in [0.25, 0.3) is 0 Å². The van der Waals surface area contributed by atoms with Crippen LogP contribution in [0.1, 0.15) is 42.4 Å². The van der Waals surface area contributed by atoms with Gasteiger partial charge in [0, 0.05) is 29.8 Å². The van der Waals surface area contributed by atoms with Crippen LogP contribution in [0.4, 0.5) is 4.39 Å². The van der Waals surface area contributed by atoms with Crippen LogP contribution < -0.4 is 5.32 Å². The first kappa shape index (κ1) is 27.2. The predicted molar refractivity (Wildman–Crippen MR) is 149 cm³/mol. The molecule has 0 aliphatic heterocycles. The zero-order valence-corrected chi connectivity index (χ0v) is 22.3. The number of benzene rings is 3. The molecule has 7 heteroatoms. The maximum Gasteiger partial charge on any atom is 0.243 e. The van der Waals surface area contributed by atoms with Gasteiger partial charge < -0.3 is 10.2 Å². The summed E-state index contributed by atoms with van der Waals surface area (Å²) in [7, 11) is 0. The molecule has 2 amide bonds. The Bertz CT molecular complexity index is 1170. The smallest absolute Gasteiger partial charge is 0.243 e. The van der Waals surface area contributed by atoms with Crippen molar-refractivity contribution in [2.75, 3.05) is 5.75 Å². The Hall–Kier alpha value is -2.83. The van der Waals surface area contributed by atoms with Gasteiger partial charge in [0.2, 0.25) is 11.8 Å². The lowest BCUT2D eigenvalue weighted by molar-refractivity contribution is -0.139. The summed E-state index contributed by atoms with van der Waals surface area (Å²) < 4.78 is 13.6. The summed E-state index contributed by atoms with van der Waals surface area (Å²) >= 11 is 7.60. The Morgan fingerprint density at radius 1 is 0.946 bits per heavy atom. The zero-order valence-electron chi connectivity index (χ0n) is 20.7. The second-order valence-corrected chi connectivity index (χ2v) is 10.9. The molecule has 1 fully saturated rings. The van der Waals surface area contributed by atoms with Gasteiger partial charge >= 0.3 is 0 Å². The average Bonchev–Trinajstić information content (AvgIpc) is 3.41. The molecular weight excluding hydrogens is 507 g/mol. The quantitative estimate of drug-likeness (QED) is 0.307. The number of nitrogens with one attached hydrogen (secondary N) is 1. The molecule has 1 aliphatic carbocycles. The Balaban J connectivity index is 1.56. The van der Waals surface area contributed by atoms with Crippen molar-refractivity contribution in [2.45, 2.75) is 56.5 Å². The lowest BCUT2D eigenvalue weighted by atomic mass is 10.0. The summed E-state index contributed by atoms with van der Waals surface area (Å²) in [6.07, 6.45) is 4.54. The number of carbonyl (C=O) groups is 2. The zero-order chi connectivity index (χ0) is 26.0. The highest BCUT2D eigenvalue weighted by molar-refractivity contribution is 7.99. The van der Waals surface area contributed by atoms with Crippen molar-refractivity contribution in [1.29, 1.82) is 0 Å². The van der Waals surface area contributed by atoms with E-state index < -0.39 is 6.04 Å². The fraction of sp³-hybridized carbons (Fsp3) is 0.333. The molecule has 1 atom stereocenters. The molecule has 4 rings (SSSR count). The molecule has 0 saturated heterocycles. The number of nitrogens with zero attached hydrogens (tertiary/aromatic N) is 1. The molecule has 1 aliphatic rings. The highest BCUT2D eigenvalue weighted by atomic mass is 35.5. The van der Waals surface area contributed by atoms with Crippen molar-refractivity contribution in [3.63, 3.8) is 0 Å². The molecule has 0 spiro atoms. The van der Waals surface area contributed by atoms with Crippen molar-refractivity contribution < 1.29 is 14.0 Å². The van der Waals surface area contributed by atoms with Crippen LogP contribution in [0.5, 0.6) is 0 Å². The molecule has 1 N–H and O–H groups in total. The molecule has 194 valence electrons. The van der Waals surface area contributed by atoms with Crippen LogP contribution in [-0.4, -0.2) is 34.6 Å². The predicted octanol–water partition coefficient (Wildman–Crippen LogP) is 6.41. The van der Waals surface area contributed by atoms with Gasteiger partial charge in [-0.3, -0.25) is 9.59 Å². The van der Waals surface area contributed by atoms with Crippen LogP contribution in [0.2, 0.25) is 5.02 Å². The minimum absolute atomic E-state index is 0.126. The van der Waals surface area contributed by atoms with E-state index in [1.807, 2.05) is 54.6 Å². The van der Waals surface area contributed by atoms with E-state index in [-0.39, 0.29) is 36.0 Å². The van der Waals surface area contributed by atoms with Crippen LogP contribution >= 0.6 is 23.4 Å². The van der Waals surface area contributed by atoms with Gasteiger partial charge in [-0.1, -0.05) is 79.0 Å². The highest BCUT2D eigenvalue weighted by Crippen LogP contribution is 2.22. The van der Waals surface area contributed by atoms with Gasteiger partial charge in [0.05, 0.1) is 5.75 Å². The first-order valence-corrected chi connectivity index (χ1v) is 14.2. The van der Waals surface area contributed by atoms with Gasteiger partial charge in [-0.25, -0.2) is 4.39 Å². The Morgan fingerprint density at radius 3 is 2.35 bits per heavy atom. The fourth-order valence-corrected chi connectivity index (χ4v) is 5.74. The van der Waals surface area contributed by atoms with Crippen molar-refractivity contribution >= 4 is 35.2 Å². The molecule has 0 radical (unpaired) electrons. The standard InChI is InChI=1S/C30H32ClFN2O2S/c31-25-10-6-9-24(17-25)20-37-21-29(35)34(19-23-13-15-26(32)16-14-23)28(18-22-7-2-1-3-8-22)30(36)33-27-11-4-5-12-27/h1-3,6-10,13-17,27-28H,4-5,11-12,18-21H2,(H,33,36)/t28-/m1/s1. The Morgan fingerprint density at radius 2 is 1.65 bits per heavy atom. The minimum Gasteiger partial charge on any atom is -0.352 e. The molecule has 0 aromatic heterocycles. The van der Waals surface area contributed by atoms with Gasteiger partial charge in [0.25, 0.3) is 0 Å². The minimum atomic E-state index is -0.674. The summed E-state index contributed by atoms with van der Waals surface area (Å²) in [6.45, 7) is 0.229. The number of rotatable bonds is 11. The van der Waals surface area contributed by atoms with Crippen LogP contribution in [-0.2, 0) is 28.3 Å². The Kier molecular flexibility index (Phi) is 10.0. The fourth-order valence-electron chi connectivity index (χ4n) is 4.67. The van der Waals surface area contributed by atoms with E-state index in [2.05, 4.69) is 5.32 Å². The first-order valence-electron chi connectivity index (χ1n) is 12.7. The van der Waals surface area contributed by atoms with Gasteiger partial charge in [-0.2, -0.15) is 0 Å². The third-order valence-corrected chi connectivity index (χ3v) is 7.85. The number of halogens is 2. The van der Waals surface area contributed by atoms with E-state index >= 15 is 0 Å². The Labute approximate surface area is 227 Å². The average molecular weight is 539 g/mol. The molecule has 0 heterocycles. The largest absolute Gasteiger partial charge is 0.352 e. The summed E-state index contributed by atoms with van der Waals surface area (Å²) in [6, 6.07) is 22.9. The van der Waals surface area contributed by atoms with Crippen molar-refractivity contribution in [1.82, 2.24) is 10.2 Å². The molecule has 0 bridgehead atoms. The SMILES string of the molecule is O=C(NC1CCCC1)[C@@H](Cc1ccccc1)N(Cc1ccc(F)cc1)C(=O)CSCc1cccc(Cl)c1. The van der Waals surface area contributed by atoms with Gasteiger partial charge in [-0.05, 0) is 53.8 Å². The molecule has 37 heavy (non-hydrogen) atoms. The topological polar surface area (TPSA) is 49.4 Å². The number of hydrogen-bond donors (Lipinski definition) is 1. The van der Waals surface area contributed by atoms with Gasteiger partial charge in [-0.15, -0.1) is 11.8 Å². The third kappa shape index (κ3) is 8.34. The molecular formula is C30H32ClFN2O2S. The lowest BCUT2D eigenvalue weighted by Crippen LogP contribution is -2.52. The highest BCUT2D eigenvalue weighted by Gasteiger charge is 2.32. The maximum absolute atomic E-state index is 13.7. The molecule has 3 aromatic rings. The maximum atomic E-state index is 13.7. The number of carbonyl (C=O) groups excluding carboxylic acids is 2. The van der Waals surface area contributed by atoms with Gasteiger partial charge in [0.15, 0.2) is 0 Å². The number of amides is 2. The van der Waals surface area contributed by atoms with Gasteiger partial charge in [0.1, 0.15) is 11.9 Å². The second kappa shape index (κ2) is 13.6. The molecule has 0 unspecified atom stereocenters. The second-order valence-electron chi connectivity index (χ2n) is 9.47. The van der Waals surface area contributed by atoms with Crippen molar-refractivity contribution in [3.05, 3.63) is 106 Å². The van der Waals surface area contributed by atoms with E-state index in [1.54, 1.807) is 17.0 Å². The molecule has 3 aromatic carbocycles. The van der Waals surface area contributed by atoms with E-state index in [9.17, 15) is 14.0 Å². The monoisotopic (exact) mass is 538 g/mol. The normalized spacial score (nSPS) is 14.3. The van der Waals surface area contributed by atoms with Crippen molar-refractivity contribution in [2.24, 2.45) is 0 Å². The number of hydrogen-bond acceptors (Lipinski definition) is 3. The molecule has 1 saturated carbocycles. The summed E-state index contributed by atoms with van der Waals surface area (Å²) in [5, 5.41) is 3.86. The summed E-state index contributed by atoms with van der Waals surface area (Å²) in [5.41, 5.74) is 2.80. The van der Waals surface area contributed by atoms with Crippen LogP contribution in [0.3, 0.4) is 0 Å². The van der Waals surface area contributed by atoms with E-state index in [4.69, 9.17) is 11.6 Å². The number of thioether (sulfide) groups is 1. The summed E-state index contributed by atoms with van der Waals surface area (Å²) in [5.74, 6) is 0.257. The van der Waals surface area contributed by atoms with E-state index in [1.165, 1.54) is 23.9 Å². The molecule has 4 nitrogen and oxygen atoms in total. The van der Waals surface area contributed by atoms with Crippen LogP contribution in [0.15, 0.2) is 78.9 Å². The van der Waals surface area contributed by atoms with Crippen molar-refractivity contribution in [3.8, 4) is 0 Å².